The van der Waals surface area contributed by atoms with Crippen LogP contribution in [-0.2, 0) is 9.84 Å². The average molecular weight is 229 g/mol. The van der Waals surface area contributed by atoms with Crippen molar-refractivity contribution in [2.24, 2.45) is 5.73 Å². The lowest BCUT2D eigenvalue weighted by atomic mass is 10.1. The smallest absolute Gasteiger partial charge is 0.179 e. The lowest BCUT2D eigenvalue weighted by Gasteiger charge is -2.11. The fourth-order valence-corrected chi connectivity index (χ4v) is 2.10. The molecule has 2 N–H and O–H groups in total. The summed E-state index contributed by atoms with van der Waals surface area (Å²) in [6.45, 7) is 1.83. The fourth-order valence-electron chi connectivity index (χ4n) is 1.27. The van der Waals surface area contributed by atoms with Gasteiger partial charge < -0.3 is 10.5 Å². The largest absolute Gasteiger partial charge is 0.495 e. The minimum atomic E-state index is -3.25. The minimum absolute atomic E-state index is 0.146. The lowest BCUT2D eigenvalue weighted by Crippen LogP contribution is -2.07. The van der Waals surface area contributed by atoms with Crippen LogP contribution < -0.4 is 10.5 Å². The van der Waals surface area contributed by atoms with E-state index in [9.17, 15) is 8.42 Å². The number of nitrogens with two attached hydrogens (primary N) is 1. The van der Waals surface area contributed by atoms with E-state index in [0.29, 0.717) is 5.75 Å². The summed E-state index contributed by atoms with van der Waals surface area (Å²) in [5, 5.41) is 0. The van der Waals surface area contributed by atoms with Crippen LogP contribution in [0.3, 0.4) is 0 Å². The third-order valence-electron chi connectivity index (χ3n) is 2.11. The van der Waals surface area contributed by atoms with Crippen LogP contribution in [-0.4, -0.2) is 21.8 Å². The molecule has 4 nitrogen and oxygen atoms in total. The van der Waals surface area contributed by atoms with Gasteiger partial charge in [-0.25, -0.2) is 8.42 Å². The number of ether oxygens (including phenoxy) is 1. The first-order chi connectivity index (χ1) is 6.86. The minimum Gasteiger partial charge on any atom is -0.495 e. The second-order valence-corrected chi connectivity index (χ2v) is 5.46. The van der Waals surface area contributed by atoms with E-state index in [1.54, 1.807) is 12.1 Å². The summed E-state index contributed by atoms with van der Waals surface area (Å²) in [5.41, 5.74) is 6.54. The highest BCUT2D eigenvalue weighted by Gasteiger charge is 2.15. The maximum Gasteiger partial charge on any atom is 0.179 e. The van der Waals surface area contributed by atoms with Crippen molar-refractivity contribution < 1.29 is 13.2 Å². The number of hydrogen-bond donors (Lipinski definition) is 1. The van der Waals surface area contributed by atoms with Crippen LogP contribution in [0.4, 0.5) is 0 Å². The van der Waals surface area contributed by atoms with Gasteiger partial charge in [0, 0.05) is 12.3 Å². The topological polar surface area (TPSA) is 69.4 Å². The highest BCUT2D eigenvalue weighted by Crippen LogP contribution is 2.26. The van der Waals surface area contributed by atoms with Crippen molar-refractivity contribution in [2.45, 2.75) is 17.9 Å². The van der Waals surface area contributed by atoms with Crippen LogP contribution in [0.2, 0.25) is 0 Å². The molecule has 0 aliphatic carbocycles. The molecule has 15 heavy (non-hydrogen) atoms. The molecule has 1 atom stereocenters. The molecule has 0 unspecified atom stereocenters. The summed E-state index contributed by atoms with van der Waals surface area (Å²) in [7, 11) is -1.81. The molecule has 0 amide bonds. The number of methoxy groups -OCH3 is 1. The molecule has 5 heteroatoms. The zero-order valence-electron chi connectivity index (χ0n) is 9.02. The highest BCUT2D eigenvalue weighted by atomic mass is 32.2. The molecule has 1 aromatic rings. The Morgan fingerprint density at radius 3 is 2.40 bits per heavy atom. The van der Waals surface area contributed by atoms with Gasteiger partial charge in [0.15, 0.2) is 9.84 Å². The molecule has 0 saturated carbocycles. The third-order valence-corrected chi connectivity index (χ3v) is 3.25. The van der Waals surface area contributed by atoms with Crippen LogP contribution >= 0.6 is 0 Å². The van der Waals surface area contributed by atoms with Crippen molar-refractivity contribution in [3.63, 3.8) is 0 Å². The molecule has 0 spiro atoms. The number of sulfone groups is 1. The van der Waals surface area contributed by atoms with Gasteiger partial charge in [-0.1, -0.05) is 6.07 Å². The Kier molecular flexibility index (Phi) is 3.36. The van der Waals surface area contributed by atoms with Crippen molar-refractivity contribution in [3.8, 4) is 5.75 Å². The Labute approximate surface area is 90.0 Å². The first-order valence-electron chi connectivity index (χ1n) is 4.50. The van der Waals surface area contributed by atoms with Gasteiger partial charge in [0.1, 0.15) is 10.6 Å². The summed E-state index contributed by atoms with van der Waals surface area (Å²) in [5.74, 6) is 0.340. The quantitative estimate of drug-likeness (QED) is 0.843. The monoisotopic (exact) mass is 229 g/mol. The summed E-state index contributed by atoms with van der Waals surface area (Å²) in [4.78, 5) is 0.189. The van der Waals surface area contributed by atoms with Crippen molar-refractivity contribution in [1.29, 1.82) is 0 Å². The number of rotatable bonds is 3. The SMILES string of the molecule is COc1cc([C@H](C)N)ccc1S(C)(=O)=O. The molecule has 0 heterocycles. The van der Waals surface area contributed by atoms with E-state index in [-0.39, 0.29) is 10.9 Å². The van der Waals surface area contributed by atoms with Crippen LogP contribution in [0.25, 0.3) is 0 Å². The van der Waals surface area contributed by atoms with Crippen molar-refractivity contribution in [3.05, 3.63) is 23.8 Å². The van der Waals surface area contributed by atoms with Gasteiger partial charge in [-0.05, 0) is 24.6 Å². The van der Waals surface area contributed by atoms with Crippen LogP contribution in [0, 0.1) is 0 Å². The average Bonchev–Trinajstić information content (AvgIpc) is 2.15. The molecule has 0 saturated heterocycles. The van der Waals surface area contributed by atoms with E-state index < -0.39 is 9.84 Å². The first-order valence-corrected chi connectivity index (χ1v) is 6.39. The lowest BCUT2D eigenvalue weighted by molar-refractivity contribution is 0.402. The van der Waals surface area contributed by atoms with Gasteiger partial charge in [0.2, 0.25) is 0 Å². The second kappa shape index (κ2) is 4.20. The van der Waals surface area contributed by atoms with Crippen LogP contribution in [0.5, 0.6) is 5.75 Å². The summed E-state index contributed by atoms with van der Waals surface area (Å²) in [6, 6.07) is 4.73. The molecule has 0 aliphatic heterocycles. The summed E-state index contributed by atoms with van der Waals surface area (Å²) < 4.78 is 27.8. The number of hydrogen-bond acceptors (Lipinski definition) is 4. The zero-order chi connectivity index (χ0) is 11.6. The first kappa shape index (κ1) is 12.0. The maximum absolute atomic E-state index is 11.4. The number of benzene rings is 1. The molecular formula is C10H15NO3S. The van der Waals surface area contributed by atoms with Crippen molar-refractivity contribution in [2.75, 3.05) is 13.4 Å². The second-order valence-electron chi connectivity index (χ2n) is 3.47. The molecule has 0 fully saturated rings. The molecule has 0 bridgehead atoms. The Bertz CT molecular complexity index is 452. The Hall–Kier alpha value is -1.07. The standard InChI is InChI=1S/C10H15NO3S/c1-7(11)8-4-5-10(15(3,12)13)9(6-8)14-2/h4-7H,11H2,1-3H3/t7-/m0/s1. The van der Waals surface area contributed by atoms with Gasteiger partial charge in [0.25, 0.3) is 0 Å². The van der Waals surface area contributed by atoms with Gasteiger partial charge in [0.05, 0.1) is 7.11 Å². The van der Waals surface area contributed by atoms with E-state index in [0.717, 1.165) is 11.8 Å². The Balaban J connectivity index is 3.34. The van der Waals surface area contributed by atoms with Crippen molar-refractivity contribution in [1.82, 2.24) is 0 Å². The van der Waals surface area contributed by atoms with E-state index in [1.807, 2.05) is 6.92 Å². The summed E-state index contributed by atoms with van der Waals surface area (Å²) in [6.07, 6.45) is 1.15. The molecule has 1 aromatic carbocycles. The molecule has 0 aromatic heterocycles. The van der Waals surface area contributed by atoms with E-state index in [2.05, 4.69) is 0 Å². The maximum atomic E-state index is 11.4. The zero-order valence-corrected chi connectivity index (χ0v) is 9.84. The molecular weight excluding hydrogens is 214 g/mol. The molecule has 1 rings (SSSR count). The summed E-state index contributed by atoms with van der Waals surface area (Å²) >= 11 is 0. The van der Waals surface area contributed by atoms with Gasteiger partial charge in [-0.3, -0.25) is 0 Å². The van der Waals surface area contributed by atoms with Crippen molar-refractivity contribution >= 4 is 9.84 Å². The van der Waals surface area contributed by atoms with E-state index >= 15 is 0 Å². The normalized spacial score (nSPS) is 13.6. The third kappa shape index (κ3) is 2.70. The fraction of sp³-hybridized carbons (Fsp3) is 0.400. The Morgan fingerprint density at radius 1 is 1.40 bits per heavy atom. The van der Waals surface area contributed by atoms with Gasteiger partial charge in [-0.2, -0.15) is 0 Å². The highest BCUT2D eigenvalue weighted by molar-refractivity contribution is 7.90. The Morgan fingerprint density at radius 2 is 2.00 bits per heavy atom. The van der Waals surface area contributed by atoms with Gasteiger partial charge in [-0.15, -0.1) is 0 Å². The molecule has 0 aliphatic rings. The van der Waals surface area contributed by atoms with E-state index in [4.69, 9.17) is 10.5 Å². The molecule has 0 radical (unpaired) electrons. The predicted molar refractivity (Wildman–Crippen MR) is 58.7 cm³/mol. The predicted octanol–water partition coefficient (Wildman–Crippen LogP) is 1.12. The van der Waals surface area contributed by atoms with Gasteiger partial charge >= 0.3 is 0 Å². The van der Waals surface area contributed by atoms with Crippen LogP contribution in [0.1, 0.15) is 18.5 Å². The van der Waals surface area contributed by atoms with Crippen LogP contribution in [0.15, 0.2) is 23.1 Å². The molecule has 84 valence electrons. The van der Waals surface area contributed by atoms with E-state index in [1.165, 1.54) is 13.2 Å².